The Morgan fingerprint density at radius 1 is 0.806 bits per heavy atom. The van der Waals surface area contributed by atoms with Gasteiger partial charge in [-0.05, 0) is 98.0 Å². The highest BCUT2D eigenvalue weighted by Gasteiger charge is 2.35. The summed E-state index contributed by atoms with van der Waals surface area (Å²) in [7, 11) is 1.65. The van der Waals surface area contributed by atoms with Crippen molar-refractivity contribution in [2.75, 3.05) is 17.3 Å². The van der Waals surface area contributed by atoms with Gasteiger partial charge in [0.2, 0.25) is 0 Å². The summed E-state index contributed by atoms with van der Waals surface area (Å²) in [6.07, 6.45) is 2.01. The third-order valence-electron chi connectivity index (χ3n) is 6.06. The second-order valence-electron chi connectivity index (χ2n) is 8.17. The van der Waals surface area contributed by atoms with E-state index >= 15 is 0 Å². The first-order chi connectivity index (χ1) is 14.9. The van der Waals surface area contributed by atoms with Gasteiger partial charge in [0.05, 0.1) is 13.2 Å². The van der Waals surface area contributed by atoms with Crippen molar-refractivity contribution in [3.63, 3.8) is 0 Å². The van der Waals surface area contributed by atoms with E-state index in [1.807, 2.05) is 47.4 Å². The molecule has 0 spiro atoms. The average Bonchev–Trinajstić information content (AvgIpc) is 3.09. The smallest absolute Gasteiger partial charge is 0.275 e. The van der Waals surface area contributed by atoms with Crippen LogP contribution in [0.2, 0.25) is 0 Å². The number of hydrogen-bond donors (Lipinski definition) is 1. The van der Waals surface area contributed by atoms with Crippen LogP contribution in [0, 0.1) is 27.7 Å². The molecule has 0 aromatic heterocycles. The zero-order valence-corrected chi connectivity index (χ0v) is 18.7. The summed E-state index contributed by atoms with van der Waals surface area (Å²) in [6.45, 7) is 8.31. The Labute approximate surface area is 184 Å². The first-order valence-corrected chi connectivity index (χ1v) is 10.5. The largest absolute Gasteiger partial charge is 0.497 e. The standard InChI is InChI=1S/C27H28N2O2/c1-17-6-10-22(14-19(17)3)28-25-16-26(21-8-12-24(31-5)13-9-21)29(27(25)30)23-11-7-18(2)20(4)15-23/h6-16,26,28H,1-5H3/t26-/m1/s1. The molecule has 158 valence electrons. The van der Waals surface area contributed by atoms with E-state index in [0.717, 1.165) is 28.3 Å². The Balaban J connectivity index is 1.74. The number of carbonyl (C=O) groups is 1. The molecule has 0 aliphatic carbocycles. The van der Waals surface area contributed by atoms with E-state index in [9.17, 15) is 4.79 Å². The van der Waals surface area contributed by atoms with E-state index in [1.54, 1.807) is 7.11 Å². The summed E-state index contributed by atoms with van der Waals surface area (Å²) in [5.41, 5.74) is 8.21. The van der Waals surface area contributed by atoms with E-state index in [0.29, 0.717) is 5.70 Å². The third-order valence-corrected chi connectivity index (χ3v) is 6.06. The molecule has 0 saturated heterocycles. The quantitative estimate of drug-likeness (QED) is 0.558. The molecule has 4 heteroatoms. The third kappa shape index (κ3) is 4.06. The van der Waals surface area contributed by atoms with Crippen molar-refractivity contribution in [1.29, 1.82) is 0 Å². The van der Waals surface area contributed by atoms with Gasteiger partial charge in [-0.3, -0.25) is 9.69 Å². The Kier molecular flexibility index (Phi) is 5.55. The monoisotopic (exact) mass is 412 g/mol. The predicted molar refractivity (Wildman–Crippen MR) is 127 cm³/mol. The van der Waals surface area contributed by atoms with Gasteiger partial charge in [-0.1, -0.05) is 24.3 Å². The van der Waals surface area contributed by atoms with Crippen LogP contribution in [-0.4, -0.2) is 13.0 Å². The maximum Gasteiger partial charge on any atom is 0.275 e. The molecule has 1 N–H and O–H groups in total. The van der Waals surface area contributed by atoms with Crippen molar-refractivity contribution < 1.29 is 9.53 Å². The first-order valence-electron chi connectivity index (χ1n) is 10.5. The molecule has 0 saturated carbocycles. The maximum absolute atomic E-state index is 13.5. The molecule has 1 amide bonds. The fourth-order valence-electron chi connectivity index (χ4n) is 3.83. The second kappa shape index (κ2) is 8.31. The summed E-state index contributed by atoms with van der Waals surface area (Å²) in [6, 6.07) is 20.0. The average molecular weight is 413 g/mol. The summed E-state index contributed by atoms with van der Waals surface area (Å²) < 4.78 is 5.31. The van der Waals surface area contributed by atoms with Crippen molar-refractivity contribution in [3.05, 3.63) is 100 Å². The highest BCUT2D eigenvalue weighted by atomic mass is 16.5. The van der Waals surface area contributed by atoms with Gasteiger partial charge in [-0.2, -0.15) is 0 Å². The minimum atomic E-state index is -0.199. The Morgan fingerprint density at radius 3 is 2.06 bits per heavy atom. The molecule has 3 aromatic carbocycles. The van der Waals surface area contributed by atoms with Crippen molar-refractivity contribution in [2.45, 2.75) is 33.7 Å². The van der Waals surface area contributed by atoms with Crippen LogP contribution in [0.15, 0.2) is 72.4 Å². The van der Waals surface area contributed by atoms with Crippen LogP contribution >= 0.6 is 0 Å². The molecular weight excluding hydrogens is 384 g/mol. The van der Waals surface area contributed by atoms with Crippen LogP contribution < -0.4 is 15.0 Å². The van der Waals surface area contributed by atoms with Crippen LogP contribution in [0.4, 0.5) is 11.4 Å². The molecule has 1 atom stereocenters. The van der Waals surface area contributed by atoms with Gasteiger partial charge in [0, 0.05) is 11.4 Å². The lowest BCUT2D eigenvalue weighted by Gasteiger charge is -2.26. The lowest BCUT2D eigenvalue weighted by Crippen LogP contribution is -2.30. The Morgan fingerprint density at radius 2 is 1.45 bits per heavy atom. The molecule has 1 heterocycles. The van der Waals surface area contributed by atoms with E-state index in [-0.39, 0.29) is 11.9 Å². The van der Waals surface area contributed by atoms with Crippen molar-refractivity contribution >= 4 is 17.3 Å². The van der Waals surface area contributed by atoms with E-state index in [1.165, 1.54) is 16.7 Å². The molecule has 1 aliphatic heterocycles. The van der Waals surface area contributed by atoms with Crippen LogP contribution in [0.5, 0.6) is 5.75 Å². The number of aryl methyl sites for hydroxylation is 4. The minimum Gasteiger partial charge on any atom is -0.497 e. The zero-order chi connectivity index (χ0) is 22.1. The normalized spacial score (nSPS) is 15.8. The number of carbonyl (C=O) groups excluding carboxylic acids is 1. The topological polar surface area (TPSA) is 41.6 Å². The summed E-state index contributed by atoms with van der Waals surface area (Å²) in [4.78, 5) is 15.4. The molecule has 4 rings (SSSR count). The van der Waals surface area contributed by atoms with E-state index in [4.69, 9.17) is 4.74 Å². The van der Waals surface area contributed by atoms with Crippen molar-refractivity contribution in [1.82, 2.24) is 0 Å². The van der Waals surface area contributed by atoms with Crippen molar-refractivity contribution in [2.24, 2.45) is 0 Å². The van der Waals surface area contributed by atoms with E-state index in [2.05, 4.69) is 57.3 Å². The zero-order valence-electron chi connectivity index (χ0n) is 18.7. The second-order valence-corrected chi connectivity index (χ2v) is 8.17. The number of rotatable bonds is 5. The van der Waals surface area contributed by atoms with Crippen molar-refractivity contribution in [3.8, 4) is 5.75 Å². The first kappa shape index (κ1) is 20.7. The number of hydrogen-bond acceptors (Lipinski definition) is 3. The summed E-state index contributed by atoms with van der Waals surface area (Å²) >= 11 is 0. The van der Waals surface area contributed by atoms with Gasteiger partial charge in [0.25, 0.3) is 5.91 Å². The minimum absolute atomic E-state index is 0.0395. The van der Waals surface area contributed by atoms with Gasteiger partial charge < -0.3 is 10.1 Å². The number of benzene rings is 3. The van der Waals surface area contributed by atoms with Gasteiger partial charge >= 0.3 is 0 Å². The summed E-state index contributed by atoms with van der Waals surface area (Å²) in [5, 5.41) is 3.35. The highest BCUT2D eigenvalue weighted by Crippen LogP contribution is 2.37. The number of nitrogens with zero attached hydrogens (tertiary/aromatic N) is 1. The number of ether oxygens (including phenoxy) is 1. The van der Waals surface area contributed by atoms with Crippen LogP contribution in [0.3, 0.4) is 0 Å². The molecule has 31 heavy (non-hydrogen) atoms. The molecule has 0 fully saturated rings. The van der Waals surface area contributed by atoms with Gasteiger partial charge in [0.15, 0.2) is 0 Å². The van der Waals surface area contributed by atoms with Crippen LogP contribution in [0.1, 0.15) is 33.9 Å². The number of methoxy groups -OCH3 is 1. The SMILES string of the molecule is COc1ccc([C@H]2C=C(Nc3ccc(C)c(C)c3)C(=O)N2c2ccc(C)c(C)c2)cc1. The summed E-state index contributed by atoms with van der Waals surface area (Å²) in [5.74, 6) is 0.755. The lowest BCUT2D eigenvalue weighted by atomic mass is 10.0. The number of amides is 1. The predicted octanol–water partition coefficient (Wildman–Crippen LogP) is 6.01. The molecule has 4 nitrogen and oxygen atoms in total. The van der Waals surface area contributed by atoms with Gasteiger partial charge in [-0.15, -0.1) is 0 Å². The highest BCUT2D eigenvalue weighted by molar-refractivity contribution is 6.11. The fourth-order valence-corrected chi connectivity index (χ4v) is 3.83. The van der Waals surface area contributed by atoms with Gasteiger partial charge in [-0.25, -0.2) is 0 Å². The molecule has 0 radical (unpaired) electrons. The number of nitrogens with one attached hydrogen (secondary N) is 1. The molecular formula is C27H28N2O2. The fraction of sp³-hybridized carbons (Fsp3) is 0.222. The Hall–Kier alpha value is -3.53. The molecule has 0 bridgehead atoms. The maximum atomic E-state index is 13.5. The molecule has 0 unspecified atom stereocenters. The molecule has 3 aromatic rings. The van der Waals surface area contributed by atoms with E-state index < -0.39 is 0 Å². The van der Waals surface area contributed by atoms with Gasteiger partial charge in [0.1, 0.15) is 11.4 Å². The van der Waals surface area contributed by atoms with Crippen LogP contribution in [0.25, 0.3) is 0 Å². The lowest BCUT2D eigenvalue weighted by molar-refractivity contribution is -0.114. The Bertz CT molecular complexity index is 1160. The van der Waals surface area contributed by atoms with Crippen LogP contribution in [-0.2, 0) is 4.79 Å². The molecule has 1 aliphatic rings. The number of anilines is 2.